The molecule has 1 saturated heterocycles. The van der Waals surface area contributed by atoms with Crippen LogP contribution in [0.3, 0.4) is 0 Å². The Labute approximate surface area is 172 Å². The van der Waals surface area contributed by atoms with Gasteiger partial charge in [-0.05, 0) is 50.8 Å². The van der Waals surface area contributed by atoms with Crippen LogP contribution in [0.15, 0.2) is 24.3 Å². The van der Waals surface area contributed by atoms with E-state index in [-0.39, 0.29) is 17.9 Å². The second-order valence-corrected chi connectivity index (χ2v) is 7.86. The lowest BCUT2D eigenvalue weighted by atomic mass is 10.1. The topological polar surface area (TPSA) is 102 Å². The summed E-state index contributed by atoms with van der Waals surface area (Å²) in [5, 5.41) is 14.5. The number of hydrogen-bond acceptors (Lipinski definition) is 7. The summed E-state index contributed by atoms with van der Waals surface area (Å²) in [6.07, 6.45) is 3.17. The van der Waals surface area contributed by atoms with Gasteiger partial charge in [-0.3, -0.25) is 14.9 Å². The lowest BCUT2D eigenvalue weighted by Crippen LogP contribution is -2.31. The number of carbonyl (C=O) groups is 2. The smallest absolute Gasteiger partial charge is 0.348 e. The van der Waals surface area contributed by atoms with Gasteiger partial charge in [0.2, 0.25) is 0 Å². The van der Waals surface area contributed by atoms with E-state index < -0.39 is 16.8 Å². The number of non-ortho nitro benzene ring substituents is 1. The second kappa shape index (κ2) is 9.04. The molecule has 2 aromatic rings. The average molecular weight is 417 g/mol. The van der Waals surface area contributed by atoms with Crippen LogP contribution in [0, 0.1) is 17.0 Å². The Kier molecular flexibility index (Phi) is 6.48. The largest absolute Gasteiger partial charge is 0.462 e. The number of nitro benzene ring substituents is 1. The van der Waals surface area contributed by atoms with E-state index in [1.165, 1.54) is 12.1 Å². The van der Waals surface area contributed by atoms with E-state index in [0.29, 0.717) is 21.1 Å². The highest BCUT2D eigenvalue weighted by Gasteiger charge is 2.23. The third-order valence-electron chi connectivity index (χ3n) is 4.75. The van der Waals surface area contributed by atoms with Gasteiger partial charge in [0, 0.05) is 25.2 Å². The summed E-state index contributed by atoms with van der Waals surface area (Å²) in [5.41, 5.74) is 1.51. The second-order valence-electron chi connectivity index (χ2n) is 6.80. The van der Waals surface area contributed by atoms with Crippen LogP contribution in [0.25, 0.3) is 0 Å². The van der Waals surface area contributed by atoms with Crippen molar-refractivity contribution in [1.82, 2.24) is 0 Å². The molecule has 1 aliphatic heterocycles. The first-order valence-electron chi connectivity index (χ1n) is 9.53. The molecular weight excluding hydrogens is 394 g/mol. The molecule has 0 aliphatic carbocycles. The van der Waals surface area contributed by atoms with Crippen LogP contribution in [0.5, 0.6) is 0 Å². The van der Waals surface area contributed by atoms with Crippen LogP contribution in [-0.4, -0.2) is 36.5 Å². The number of anilines is 2. The maximum atomic E-state index is 13.0. The summed E-state index contributed by atoms with van der Waals surface area (Å²) in [7, 11) is 0. The number of ether oxygens (including phenoxy) is 1. The monoisotopic (exact) mass is 417 g/mol. The number of nitrogens with zero attached hydrogens (tertiary/aromatic N) is 2. The minimum Gasteiger partial charge on any atom is -0.462 e. The van der Waals surface area contributed by atoms with E-state index in [0.717, 1.165) is 43.7 Å². The zero-order valence-electron chi connectivity index (χ0n) is 16.4. The molecule has 9 heteroatoms. The van der Waals surface area contributed by atoms with Crippen molar-refractivity contribution >= 4 is 39.6 Å². The molecule has 0 unspecified atom stereocenters. The van der Waals surface area contributed by atoms with Crippen molar-refractivity contribution in [2.24, 2.45) is 0 Å². The van der Waals surface area contributed by atoms with Crippen molar-refractivity contribution < 1.29 is 19.2 Å². The van der Waals surface area contributed by atoms with Crippen LogP contribution in [0.2, 0.25) is 0 Å². The Morgan fingerprint density at radius 3 is 2.62 bits per heavy atom. The predicted octanol–water partition coefficient (Wildman–Crippen LogP) is 4.38. The molecule has 0 bridgehead atoms. The fraction of sp³-hybridized carbons (Fsp3) is 0.400. The molecule has 0 atom stereocenters. The number of carbonyl (C=O) groups excluding carboxylic acids is 2. The van der Waals surface area contributed by atoms with E-state index >= 15 is 0 Å². The SMILES string of the molecule is CCOC(=O)c1sc(NC(=O)c2cc([N+](=O)[O-])ccc2N2CCCCC2)cc1C. The zero-order chi connectivity index (χ0) is 21.0. The molecule has 1 amide bonds. The van der Waals surface area contributed by atoms with Gasteiger partial charge in [0.05, 0.1) is 27.8 Å². The van der Waals surface area contributed by atoms with Gasteiger partial charge in [-0.15, -0.1) is 11.3 Å². The maximum Gasteiger partial charge on any atom is 0.348 e. The number of rotatable bonds is 6. The minimum absolute atomic E-state index is 0.134. The van der Waals surface area contributed by atoms with E-state index in [2.05, 4.69) is 10.2 Å². The highest BCUT2D eigenvalue weighted by atomic mass is 32.1. The van der Waals surface area contributed by atoms with E-state index in [9.17, 15) is 19.7 Å². The average Bonchev–Trinajstić information content (AvgIpc) is 3.08. The van der Waals surface area contributed by atoms with Crippen molar-refractivity contribution in [3.8, 4) is 0 Å². The Balaban J connectivity index is 1.89. The number of thiophene rings is 1. The Morgan fingerprint density at radius 1 is 1.24 bits per heavy atom. The molecule has 154 valence electrons. The first-order valence-corrected chi connectivity index (χ1v) is 10.3. The lowest BCUT2D eigenvalue weighted by Gasteiger charge is -2.30. The van der Waals surface area contributed by atoms with E-state index in [1.807, 2.05) is 0 Å². The fourth-order valence-corrected chi connectivity index (χ4v) is 4.31. The number of aryl methyl sites for hydroxylation is 1. The number of nitrogens with one attached hydrogen (secondary N) is 1. The number of hydrogen-bond donors (Lipinski definition) is 1. The Hall–Kier alpha value is -2.94. The first kappa shape index (κ1) is 20.8. The van der Waals surface area contributed by atoms with Gasteiger partial charge in [0.15, 0.2) is 0 Å². The molecule has 0 spiro atoms. The van der Waals surface area contributed by atoms with Crippen LogP contribution in [-0.2, 0) is 4.74 Å². The van der Waals surface area contributed by atoms with Crippen molar-refractivity contribution in [2.45, 2.75) is 33.1 Å². The molecule has 1 aromatic heterocycles. The molecule has 1 N–H and O–H groups in total. The number of esters is 1. The first-order chi connectivity index (χ1) is 13.9. The summed E-state index contributed by atoms with van der Waals surface area (Å²) < 4.78 is 5.03. The highest BCUT2D eigenvalue weighted by Crippen LogP contribution is 2.31. The number of nitro groups is 1. The molecule has 1 fully saturated rings. The fourth-order valence-electron chi connectivity index (χ4n) is 3.35. The van der Waals surface area contributed by atoms with E-state index in [4.69, 9.17) is 4.74 Å². The Morgan fingerprint density at radius 2 is 1.97 bits per heavy atom. The normalized spacial score (nSPS) is 13.8. The molecule has 3 rings (SSSR count). The summed E-state index contributed by atoms with van der Waals surface area (Å²) in [6, 6.07) is 6.08. The molecular formula is C20H23N3O5S. The lowest BCUT2D eigenvalue weighted by molar-refractivity contribution is -0.384. The van der Waals surface area contributed by atoms with Gasteiger partial charge in [0.25, 0.3) is 11.6 Å². The van der Waals surface area contributed by atoms with Gasteiger partial charge in [0.1, 0.15) is 4.88 Å². The summed E-state index contributed by atoms with van der Waals surface area (Å²) >= 11 is 1.13. The van der Waals surface area contributed by atoms with Gasteiger partial charge in [-0.25, -0.2) is 4.79 Å². The van der Waals surface area contributed by atoms with Gasteiger partial charge in [-0.2, -0.15) is 0 Å². The quantitative estimate of drug-likeness (QED) is 0.425. The summed E-state index contributed by atoms with van der Waals surface area (Å²) in [5.74, 6) is -0.870. The van der Waals surface area contributed by atoms with Crippen molar-refractivity contribution in [2.75, 3.05) is 29.9 Å². The van der Waals surface area contributed by atoms with E-state index in [1.54, 1.807) is 26.0 Å². The van der Waals surface area contributed by atoms with Crippen molar-refractivity contribution in [3.63, 3.8) is 0 Å². The van der Waals surface area contributed by atoms with Crippen LogP contribution in [0.1, 0.15) is 51.8 Å². The summed E-state index contributed by atoms with van der Waals surface area (Å²) in [4.78, 5) is 38.2. The molecule has 8 nitrogen and oxygen atoms in total. The highest BCUT2D eigenvalue weighted by molar-refractivity contribution is 7.18. The molecule has 0 saturated carbocycles. The van der Waals surface area contributed by atoms with Crippen LogP contribution < -0.4 is 10.2 Å². The number of benzene rings is 1. The number of amides is 1. The van der Waals surface area contributed by atoms with Gasteiger partial charge >= 0.3 is 5.97 Å². The van der Waals surface area contributed by atoms with Crippen LogP contribution >= 0.6 is 11.3 Å². The van der Waals surface area contributed by atoms with Crippen molar-refractivity contribution in [1.29, 1.82) is 0 Å². The molecule has 1 aromatic carbocycles. The van der Waals surface area contributed by atoms with Crippen LogP contribution in [0.4, 0.5) is 16.4 Å². The summed E-state index contributed by atoms with van der Waals surface area (Å²) in [6.45, 7) is 5.38. The molecule has 0 radical (unpaired) electrons. The maximum absolute atomic E-state index is 13.0. The van der Waals surface area contributed by atoms with Gasteiger partial charge in [-0.1, -0.05) is 0 Å². The molecule has 29 heavy (non-hydrogen) atoms. The molecule has 1 aliphatic rings. The standard InChI is InChI=1S/C20H23N3O5S/c1-3-28-20(25)18-13(2)11-17(29-18)21-19(24)15-12-14(23(26)27)7-8-16(15)22-9-5-4-6-10-22/h7-8,11-12H,3-6,9-10H2,1-2H3,(H,21,24). The van der Waals surface area contributed by atoms with Gasteiger partial charge < -0.3 is 15.0 Å². The molecule has 2 heterocycles. The number of piperidine rings is 1. The van der Waals surface area contributed by atoms with Crippen molar-refractivity contribution in [3.05, 3.63) is 50.4 Å². The minimum atomic E-state index is -0.509. The third-order valence-corrected chi connectivity index (χ3v) is 5.88. The third kappa shape index (κ3) is 4.73. The predicted molar refractivity (Wildman–Crippen MR) is 112 cm³/mol. The Bertz CT molecular complexity index is 934. The zero-order valence-corrected chi connectivity index (χ0v) is 17.2.